The molecule has 6 rings (SSSR count). The van der Waals surface area contributed by atoms with Crippen molar-refractivity contribution < 1.29 is 13.1 Å². The lowest BCUT2D eigenvalue weighted by Gasteiger charge is -2.42. The van der Waals surface area contributed by atoms with Gasteiger partial charge in [-0.2, -0.15) is 0 Å². The Labute approximate surface area is 205 Å². The average Bonchev–Trinajstić information content (AvgIpc) is 3.17. The minimum Gasteiger partial charge on any atom is -0.455 e. The molecule has 0 spiro atoms. The smallest absolute Gasteiger partial charge is 0.286 e. The summed E-state index contributed by atoms with van der Waals surface area (Å²) >= 11 is 0. The highest BCUT2D eigenvalue weighted by atomic mass is 16.3. The fraction of sp³-hybridized carbons (Fsp3) is 0.355. The van der Waals surface area contributed by atoms with E-state index < -0.39 is 6.85 Å². The fourth-order valence-electron chi connectivity index (χ4n) is 5.98. The Bertz CT molecular complexity index is 1740. The fourth-order valence-corrected chi connectivity index (χ4v) is 5.98. The van der Waals surface area contributed by atoms with Gasteiger partial charge in [-0.1, -0.05) is 56.9 Å². The number of fused-ring (bicyclic) bond motifs is 6. The molecule has 0 saturated carbocycles. The van der Waals surface area contributed by atoms with Crippen LogP contribution in [0.3, 0.4) is 0 Å². The maximum atomic E-state index is 7.86. The highest BCUT2D eigenvalue weighted by Gasteiger charge is 2.38. The van der Waals surface area contributed by atoms with Crippen LogP contribution in [0.1, 0.15) is 67.0 Å². The van der Waals surface area contributed by atoms with Crippen LogP contribution in [-0.4, -0.2) is 4.98 Å². The third-order valence-electron chi connectivity index (χ3n) is 8.05. The van der Waals surface area contributed by atoms with Gasteiger partial charge in [-0.05, 0) is 70.2 Å². The second-order valence-corrected chi connectivity index (χ2v) is 11.3. The van der Waals surface area contributed by atoms with Gasteiger partial charge in [0.25, 0.3) is 6.33 Å². The first kappa shape index (κ1) is 18.2. The molecule has 1 aliphatic carbocycles. The van der Waals surface area contributed by atoms with Gasteiger partial charge in [0.15, 0.2) is 5.69 Å². The van der Waals surface area contributed by atoms with Gasteiger partial charge in [-0.3, -0.25) is 0 Å². The number of hydrogen-bond donors (Lipinski definition) is 0. The molecule has 0 aliphatic heterocycles. The topological polar surface area (TPSA) is 29.9 Å². The van der Waals surface area contributed by atoms with Crippen molar-refractivity contribution in [1.82, 2.24) is 4.98 Å². The second kappa shape index (κ2) is 6.91. The number of hydrogen-bond acceptors (Lipinski definition) is 2. The second-order valence-electron chi connectivity index (χ2n) is 11.3. The molecule has 0 fully saturated rings. The lowest BCUT2D eigenvalue weighted by Crippen LogP contribution is -2.34. The minimum absolute atomic E-state index is 0.0790. The molecule has 0 unspecified atom stereocenters. The normalized spacial score (nSPS) is 18.6. The summed E-state index contributed by atoms with van der Waals surface area (Å²) < 4.78 is 32.1. The van der Waals surface area contributed by atoms with E-state index in [1.54, 1.807) is 12.4 Å². The molecular formula is C31H33N2O+. The molecule has 0 N–H and O–H groups in total. The zero-order valence-electron chi connectivity index (χ0n) is 23.8. The van der Waals surface area contributed by atoms with Gasteiger partial charge < -0.3 is 4.42 Å². The monoisotopic (exact) mass is 452 g/mol. The maximum Gasteiger partial charge on any atom is 0.286 e. The van der Waals surface area contributed by atoms with E-state index in [9.17, 15) is 0 Å². The summed E-state index contributed by atoms with van der Waals surface area (Å²) in [5.41, 5.74) is 7.50. The number of rotatable bonds is 1. The predicted molar refractivity (Wildman–Crippen MR) is 140 cm³/mol. The van der Waals surface area contributed by atoms with Crippen molar-refractivity contribution >= 4 is 32.7 Å². The molecule has 3 nitrogen and oxygen atoms in total. The predicted octanol–water partition coefficient (Wildman–Crippen LogP) is 7.59. The highest BCUT2D eigenvalue weighted by Crippen LogP contribution is 2.49. The molecule has 2 heterocycles. The number of benzene rings is 3. The van der Waals surface area contributed by atoms with Gasteiger partial charge in [0.1, 0.15) is 16.9 Å². The molecule has 0 bridgehead atoms. The van der Waals surface area contributed by atoms with Crippen LogP contribution in [0.2, 0.25) is 0 Å². The molecule has 0 atom stereocenters. The summed E-state index contributed by atoms with van der Waals surface area (Å²) in [6.45, 7) is 9.17. The van der Waals surface area contributed by atoms with Gasteiger partial charge in [-0.15, -0.1) is 0 Å². The van der Waals surface area contributed by atoms with Gasteiger partial charge in [-0.25, -0.2) is 4.57 Å². The Hall–Kier alpha value is -3.20. The van der Waals surface area contributed by atoms with E-state index in [0.29, 0.717) is 0 Å². The van der Waals surface area contributed by atoms with Crippen molar-refractivity contribution in [2.75, 3.05) is 0 Å². The van der Waals surface area contributed by atoms with Crippen molar-refractivity contribution in [3.8, 4) is 11.3 Å². The first-order valence-corrected chi connectivity index (χ1v) is 12.1. The Balaban J connectivity index is 1.68. The van der Waals surface area contributed by atoms with Crippen LogP contribution < -0.4 is 4.57 Å². The number of nitrogens with zero attached hydrogens (tertiary/aromatic N) is 2. The van der Waals surface area contributed by atoms with E-state index in [2.05, 4.69) is 69.1 Å². The quantitative estimate of drug-likeness (QED) is 0.245. The summed E-state index contributed by atoms with van der Waals surface area (Å²) in [5, 5.41) is 4.59. The third kappa shape index (κ3) is 2.95. The number of aromatic nitrogens is 2. The largest absolute Gasteiger partial charge is 0.455 e. The van der Waals surface area contributed by atoms with Crippen molar-refractivity contribution in [2.45, 2.75) is 65.1 Å². The first-order chi connectivity index (χ1) is 17.3. The van der Waals surface area contributed by atoms with Gasteiger partial charge in [0, 0.05) is 27.8 Å². The van der Waals surface area contributed by atoms with E-state index in [1.807, 2.05) is 18.5 Å². The number of furan rings is 1. The molecule has 0 radical (unpaired) electrons. The van der Waals surface area contributed by atoms with Crippen LogP contribution in [0.15, 0.2) is 53.2 Å². The van der Waals surface area contributed by atoms with E-state index >= 15 is 0 Å². The van der Waals surface area contributed by atoms with Gasteiger partial charge in [0.2, 0.25) is 0 Å². The summed E-state index contributed by atoms with van der Waals surface area (Å²) in [4.78, 5) is 4.16. The Kier molecular flexibility index (Phi) is 3.69. The van der Waals surface area contributed by atoms with Crippen LogP contribution >= 0.6 is 0 Å². The van der Waals surface area contributed by atoms with Crippen LogP contribution in [0.5, 0.6) is 0 Å². The van der Waals surface area contributed by atoms with Crippen molar-refractivity contribution in [2.24, 2.45) is 7.05 Å². The summed E-state index contributed by atoms with van der Waals surface area (Å²) in [7, 11) is 1.89. The van der Waals surface area contributed by atoms with E-state index in [0.717, 1.165) is 45.2 Å². The van der Waals surface area contributed by atoms with E-state index in [4.69, 9.17) is 8.53 Å². The van der Waals surface area contributed by atoms with Crippen LogP contribution in [0.4, 0.5) is 0 Å². The SMILES string of the molecule is [2H]C([2H])([2H])c1cc(-c2c(C)ccc3c2oc2cc4c5c(ccc4cc23)C(C)(C)CCC5(C)C)[n+](C)cn1. The lowest BCUT2D eigenvalue weighted by atomic mass is 9.62. The zero-order valence-corrected chi connectivity index (χ0v) is 20.8. The molecule has 0 saturated heterocycles. The summed E-state index contributed by atoms with van der Waals surface area (Å²) in [6, 6.07) is 14.9. The average molecular weight is 453 g/mol. The molecular weight excluding hydrogens is 416 g/mol. The molecule has 3 aromatic carbocycles. The van der Waals surface area contributed by atoms with Crippen LogP contribution in [-0.2, 0) is 17.9 Å². The summed E-state index contributed by atoms with van der Waals surface area (Å²) in [5.74, 6) is 0. The maximum absolute atomic E-state index is 7.86. The molecule has 3 heteroatoms. The van der Waals surface area contributed by atoms with Gasteiger partial charge in [0.05, 0.1) is 12.6 Å². The van der Waals surface area contributed by atoms with E-state index in [-0.39, 0.29) is 16.5 Å². The molecule has 0 amide bonds. The van der Waals surface area contributed by atoms with Gasteiger partial charge >= 0.3 is 0 Å². The zero-order chi connectivity index (χ0) is 26.5. The van der Waals surface area contributed by atoms with Crippen LogP contribution in [0, 0.1) is 13.8 Å². The van der Waals surface area contributed by atoms with E-state index in [1.165, 1.54) is 28.3 Å². The molecule has 34 heavy (non-hydrogen) atoms. The standard InChI is InChI=1S/C31H33N2O/c1-18-8-10-21-23-15-20-9-11-24-28(31(5,6)13-12-30(24,3)4)22(20)16-26(23)34-29(21)27(18)25-14-19(2)32-17-33(25)7/h8-11,14-17H,12-13H2,1-7H3/q+1/i2D3. The minimum atomic E-state index is -2.28. The van der Waals surface area contributed by atoms with Crippen molar-refractivity contribution in [1.29, 1.82) is 0 Å². The van der Waals surface area contributed by atoms with Crippen LogP contribution in [0.25, 0.3) is 44.0 Å². The highest BCUT2D eigenvalue weighted by molar-refractivity contribution is 6.13. The molecule has 172 valence electrons. The van der Waals surface area contributed by atoms with Crippen molar-refractivity contribution in [3.63, 3.8) is 0 Å². The number of aryl methyl sites for hydroxylation is 3. The van der Waals surface area contributed by atoms with Crippen molar-refractivity contribution in [3.05, 3.63) is 71.2 Å². The Morgan fingerprint density at radius 3 is 2.53 bits per heavy atom. The first-order valence-electron chi connectivity index (χ1n) is 13.6. The Morgan fingerprint density at radius 1 is 0.941 bits per heavy atom. The molecule has 2 aromatic heterocycles. The lowest BCUT2D eigenvalue weighted by molar-refractivity contribution is -0.663. The molecule has 1 aliphatic rings. The third-order valence-corrected chi connectivity index (χ3v) is 8.05. The Morgan fingerprint density at radius 2 is 1.74 bits per heavy atom. The summed E-state index contributed by atoms with van der Waals surface area (Å²) in [6.07, 6.45) is 3.90. The molecule has 5 aromatic rings.